The molecule has 1 aliphatic heterocycles. The Hall–Kier alpha value is -0.610. The molecule has 1 amide bonds. The fourth-order valence-corrected chi connectivity index (χ4v) is 1.89. The van der Waals surface area contributed by atoms with Gasteiger partial charge in [-0.3, -0.25) is 4.79 Å². The molecule has 1 N–H and O–H groups in total. The van der Waals surface area contributed by atoms with Crippen LogP contribution in [0.4, 0.5) is 0 Å². The van der Waals surface area contributed by atoms with Crippen LogP contribution in [0.25, 0.3) is 0 Å². The number of hydrogen-bond donors (Lipinski definition) is 1. The van der Waals surface area contributed by atoms with Crippen LogP contribution in [0.5, 0.6) is 0 Å². The first kappa shape index (κ1) is 12.5. The Bertz CT molecular complexity index is 234. The molecule has 88 valence electrons. The highest BCUT2D eigenvalue weighted by atomic mass is 16.5. The van der Waals surface area contributed by atoms with Gasteiger partial charge in [0.2, 0.25) is 0 Å². The van der Waals surface area contributed by atoms with Gasteiger partial charge in [-0.15, -0.1) is 0 Å². The van der Waals surface area contributed by atoms with Crippen molar-refractivity contribution in [2.75, 3.05) is 20.2 Å². The SMILES string of the molecule is CC1CCOC1C(=O)N(C)CC(C)(C)O. The smallest absolute Gasteiger partial charge is 0.251 e. The van der Waals surface area contributed by atoms with Crippen LogP contribution in [0.3, 0.4) is 0 Å². The van der Waals surface area contributed by atoms with E-state index in [2.05, 4.69) is 0 Å². The van der Waals surface area contributed by atoms with Crippen LogP contribution in [-0.2, 0) is 9.53 Å². The van der Waals surface area contributed by atoms with Crippen molar-refractivity contribution in [3.63, 3.8) is 0 Å². The van der Waals surface area contributed by atoms with E-state index in [0.29, 0.717) is 13.2 Å². The minimum Gasteiger partial charge on any atom is -0.389 e. The van der Waals surface area contributed by atoms with E-state index in [-0.39, 0.29) is 17.9 Å². The van der Waals surface area contributed by atoms with Crippen LogP contribution in [-0.4, -0.2) is 47.8 Å². The number of amides is 1. The highest BCUT2D eigenvalue weighted by molar-refractivity contribution is 5.81. The first-order valence-corrected chi connectivity index (χ1v) is 5.40. The zero-order valence-corrected chi connectivity index (χ0v) is 9.99. The molecular weight excluding hydrogens is 194 g/mol. The Labute approximate surface area is 91.2 Å². The number of carbonyl (C=O) groups excluding carboxylic acids is 1. The van der Waals surface area contributed by atoms with Crippen molar-refractivity contribution in [1.82, 2.24) is 4.90 Å². The number of nitrogens with zero attached hydrogens (tertiary/aromatic N) is 1. The van der Waals surface area contributed by atoms with E-state index < -0.39 is 5.60 Å². The molecule has 0 radical (unpaired) electrons. The highest BCUT2D eigenvalue weighted by Gasteiger charge is 2.34. The molecule has 0 spiro atoms. The Morgan fingerprint density at radius 3 is 2.60 bits per heavy atom. The molecule has 1 rings (SSSR count). The quantitative estimate of drug-likeness (QED) is 0.751. The van der Waals surface area contributed by atoms with E-state index in [1.54, 1.807) is 25.8 Å². The van der Waals surface area contributed by atoms with Gasteiger partial charge in [-0.1, -0.05) is 6.92 Å². The van der Waals surface area contributed by atoms with Crippen molar-refractivity contribution in [2.24, 2.45) is 5.92 Å². The van der Waals surface area contributed by atoms with E-state index in [1.165, 1.54) is 0 Å². The predicted molar refractivity (Wildman–Crippen MR) is 57.5 cm³/mol. The maximum Gasteiger partial charge on any atom is 0.251 e. The molecule has 1 fully saturated rings. The van der Waals surface area contributed by atoms with E-state index in [4.69, 9.17) is 4.74 Å². The number of rotatable bonds is 3. The van der Waals surface area contributed by atoms with Crippen LogP contribution >= 0.6 is 0 Å². The zero-order valence-electron chi connectivity index (χ0n) is 9.99. The summed E-state index contributed by atoms with van der Waals surface area (Å²) in [5.41, 5.74) is -0.855. The maximum absolute atomic E-state index is 11.9. The lowest BCUT2D eigenvalue weighted by Gasteiger charge is -2.28. The third kappa shape index (κ3) is 3.47. The van der Waals surface area contributed by atoms with Crippen molar-refractivity contribution in [3.8, 4) is 0 Å². The lowest BCUT2D eigenvalue weighted by molar-refractivity contribution is -0.143. The molecular formula is C11H21NO3. The molecule has 0 aliphatic carbocycles. The second kappa shape index (κ2) is 4.49. The van der Waals surface area contributed by atoms with Crippen LogP contribution < -0.4 is 0 Å². The summed E-state index contributed by atoms with van der Waals surface area (Å²) >= 11 is 0. The van der Waals surface area contributed by atoms with Gasteiger partial charge in [0.05, 0.1) is 5.60 Å². The van der Waals surface area contributed by atoms with Crippen LogP contribution in [0.15, 0.2) is 0 Å². The summed E-state index contributed by atoms with van der Waals surface area (Å²) in [4.78, 5) is 13.5. The van der Waals surface area contributed by atoms with Crippen molar-refractivity contribution in [1.29, 1.82) is 0 Å². The molecule has 0 aromatic rings. The van der Waals surface area contributed by atoms with Crippen LogP contribution in [0, 0.1) is 5.92 Å². The molecule has 4 heteroatoms. The van der Waals surface area contributed by atoms with Gasteiger partial charge in [-0.25, -0.2) is 0 Å². The highest BCUT2D eigenvalue weighted by Crippen LogP contribution is 2.22. The van der Waals surface area contributed by atoms with E-state index >= 15 is 0 Å². The van der Waals surface area contributed by atoms with Gasteiger partial charge in [0.25, 0.3) is 5.91 Å². The lowest BCUT2D eigenvalue weighted by Crippen LogP contribution is -2.45. The summed E-state index contributed by atoms with van der Waals surface area (Å²) in [6.07, 6.45) is 0.615. The fraction of sp³-hybridized carbons (Fsp3) is 0.909. The number of ether oxygens (including phenoxy) is 1. The third-order valence-corrected chi connectivity index (χ3v) is 2.63. The monoisotopic (exact) mass is 215 g/mol. The number of carbonyl (C=O) groups is 1. The second-order valence-electron chi connectivity index (χ2n) is 5.06. The average Bonchev–Trinajstić information content (AvgIpc) is 2.47. The summed E-state index contributed by atoms with van der Waals surface area (Å²) in [6.45, 7) is 6.39. The molecule has 0 saturated carbocycles. The Morgan fingerprint density at radius 1 is 1.60 bits per heavy atom. The fourth-order valence-electron chi connectivity index (χ4n) is 1.89. The molecule has 0 bridgehead atoms. The zero-order chi connectivity index (χ0) is 11.6. The molecule has 2 unspecified atom stereocenters. The van der Waals surface area contributed by atoms with Crippen molar-refractivity contribution in [3.05, 3.63) is 0 Å². The standard InChI is InChI=1S/C11H21NO3/c1-8-5-6-15-9(8)10(13)12(4)7-11(2,3)14/h8-9,14H,5-7H2,1-4H3. The van der Waals surface area contributed by atoms with Gasteiger partial charge in [-0.05, 0) is 26.2 Å². The molecule has 1 heterocycles. The van der Waals surface area contributed by atoms with E-state index in [0.717, 1.165) is 6.42 Å². The average molecular weight is 215 g/mol. The number of aliphatic hydroxyl groups is 1. The van der Waals surface area contributed by atoms with Crippen LogP contribution in [0.1, 0.15) is 27.2 Å². The molecule has 15 heavy (non-hydrogen) atoms. The summed E-state index contributed by atoms with van der Waals surface area (Å²) < 4.78 is 5.39. The third-order valence-electron chi connectivity index (χ3n) is 2.63. The maximum atomic E-state index is 11.9. The van der Waals surface area contributed by atoms with Crippen LogP contribution in [0.2, 0.25) is 0 Å². The Kier molecular flexibility index (Phi) is 3.73. The summed E-state index contributed by atoms with van der Waals surface area (Å²) in [5, 5.41) is 9.61. The van der Waals surface area contributed by atoms with Gasteiger partial charge in [0, 0.05) is 20.2 Å². The molecule has 4 nitrogen and oxygen atoms in total. The van der Waals surface area contributed by atoms with E-state index in [9.17, 15) is 9.90 Å². The molecule has 0 aromatic carbocycles. The van der Waals surface area contributed by atoms with Crippen molar-refractivity contribution < 1.29 is 14.6 Å². The summed E-state index contributed by atoms with van der Waals surface area (Å²) in [6, 6.07) is 0. The Morgan fingerprint density at radius 2 is 2.20 bits per heavy atom. The first-order chi connectivity index (χ1) is 6.81. The summed E-state index contributed by atoms with van der Waals surface area (Å²) in [5.74, 6) is 0.254. The van der Waals surface area contributed by atoms with Gasteiger partial charge in [0.15, 0.2) is 0 Å². The topological polar surface area (TPSA) is 49.8 Å². The molecule has 2 atom stereocenters. The minimum absolute atomic E-state index is 0.0258. The molecule has 1 saturated heterocycles. The largest absolute Gasteiger partial charge is 0.389 e. The lowest BCUT2D eigenvalue weighted by atomic mass is 10.0. The number of likely N-dealkylation sites (N-methyl/N-ethyl adjacent to an activating group) is 1. The molecule has 1 aliphatic rings. The van der Waals surface area contributed by atoms with Gasteiger partial charge >= 0.3 is 0 Å². The van der Waals surface area contributed by atoms with Gasteiger partial charge in [0.1, 0.15) is 6.10 Å². The van der Waals surface area contributed by atoms with E-state index in [1.807, 2.05) is 6.92 Å². The Balaban J connectivity index is 2.52. The first-order valence-electron chi connectivity index (χ1n) is 5.40. The molecule has 0 aromatic heterocycles. The van der Waals surface area contributed by atoms with Crippen molar-refractivity contribution >= 4 is 5.91 Å². The van der Waals surface area contributed by atoms with Gasteiger partial charge in [-0.2, -0.15) is 0 Å². The second-order valence-corrected chi connectivity index (χ2v) is 5.06. The normalized spacial score (nSPS) is 26.7. The van der Waals surface area contributed by atoms with Crippen molar-refractivity contribution in [2.45, 2.75) is 38.9 Å². The minimum atomic E-state index is -0.855. The predicted octanol–water partition coefficient (Wildman–Crippen LogP) is 0.641. The number of hydrogen-bond acceptors (Lipinski definition) is 3. The van der Waals surface area contributed by atoms with Gasteiger partial charge < -0.3 is 14.7 Å². The summed E-state index contributed by atoms with van der Waals surface area (Å²) in [7, 11) is 1.70.